The van der Waals surface area contributed by atoms with E-state index in [2.05, 4.69) is 19.8 Å². The van der Waals surface area contributed by atoms with Crippen LogP contribution in [0.4, 0.5) is 23.5 Å². The molecule has 1 aromatic carbocycles. The van der Waals surface area contributed by atoms with Crippen LogP contribution in [0.15, 0.2) is 36.7 Å². The third-order valence-corrected chi connectivity index (χ3v) is 5.54. The first kappa shape index (κ1) is 19.9. The van der Waals surface area contributed by atoms with Gasteiger partial charge >= 0.3 is 6.18 Å². The van der Waals surface area contributed by atoms with Gasteiger partial charge in [0.2, 0.25) is 5.95 Å². The van der Waals surface area contributed by atoms with Gasteiger partial charge in [0.15, 0.2) is 5.82 Å². The van der Waals surface area contributed by atoms with Crippen molar-refractivity contribution < 1.29 is 22.3 Å². The van der Waals surface area contributed by atoms with Crippen LogP contribution in [-0.2, 0) is 6.18 Å². The maximum atomic E-state index is 13.0. The first-order valence-corrected chi connectivity index (χ1v) is 9.65. The van der Waals surface area contributed by atoms with Crippen LogP contribution >= 0.6 is 0 Å². The van der Waals surface area contributed by atoms with E-state index >= 15 is 0 Å². The van der Waals surface area contributed by atoms with Gasteiger partial charge in [0, 0.05) is 38.1 Å². The number of anilines is 1. The van der Waals surface area contributed by atoms with E-state index in [9.17, 15) is 17.6 Å². The lowest BCUT2D eigenvalue weighted by Gasteiger charge is -2.46. The van der Waals surface area contributed by atoms with E-state index in [1.165, 1.54) is 18.5 Å². The van der Waals surface area contributed by atoms with Crippen LogP contribution < -0.4 is 9.64 Å². The van der Waals surface area contributed by atoms with Crippen molar-refractivity contribution in [3.8, 4) is 5.75 Å². The van der Waals surface area contributed by atoms with Crippen molar-refractivity contribution in [2.24, 2.45) is 5.92 Å². The predicted molar refractivity (Wildman–Crippen MR) is 99.2 cm³/mol. The average Bonchev–Trinajstić information content (AvgIpc) is 2.72. The second-order valence-electron chi connectivity index (χ2n) is 7.58. The first-order chi connectivity index (χ1) is 13.9. The summed E-state index contributed by atoms with van der Waals surface area (Å²) in [5.74, 6) is 0.615. The largest absolute Gasteiger partial charge is 0.493 e. The molecule has 2 saturated heterocycles. The molecule has 0 radical (unpaired) electrons. The summed E-state index contributed by atoms with van der Waals surface area (Å²) >= 11 is 0. The molecule has 0 amide bonds. The Morgan fingerprint density at radius 2 is 1.86 bits per heavy atom. The lowest BCUT2D eigenvalue weighted by Crippen LogP contribution is -2.57. The van der Waals surface area contributed by atoms with Crippen molar-refractivity contribution in [3.05, 3.63) is 48.0 Å². The lowest BCUT2D eigenvalue weighted by molar-refractivity contribution is -0.137. The van der Waals surface area contributed by atoms with E-state index in [0.717, 1.165) is 51.2 Å². The molecular weight excluding hydrogens is 388 g/mol. The second-order valence-corrected chi connectivity index (χ2v) is 7.58. The molecule has 2 aromatic rings. The molecule has 4 rings (SSSR count). The molecule has 1 aromatic heterocycles. The Bertz CT molecular complexity index is 830. The van der Waals surface area contributed by atoms with Gasteiger partial charge in [0.05, 0.1) is 24.6 Å². The molecule has 0 aliphatic carbocycles. The van der Waals surface area contributed by atoms with E-state index in [-0.39, 0.29) is 11.7 Å². The Hall–Kier alpha value is -2.42. The highest BCUT2D eigenvalue weighted by Crippen LogP contribution is 2.32. The van der Waals surface area contributed by atoms with E-state index in [4.69, 9.17) is 4.74 Å². The van der Waals surface area contributed by atoms with Crippen LogP contribution in [0.3, 0.4) is 0 Å². The third kappa shape index (κ3) is 4.77. The minimum atomic E-state index is -4.37. The zero-order valence-electron chi connectivity index (χ0n) is 15.8. The molecule has 29 heavy (non-hydrogen) atoms. The molecule has 2 aliphatic heterocycles. The molecule has 0 spiro atoms. The highest BCUT2D eigenvalue weighted by Gasteiger charge is 2.34. The van der Waals surface area contributed by atoms with E-state index in [1.807, 2.05) is 0 Å². The van der Waals surface area contributed by atoms with Gasteiger partial charge in [-0.05, 0) is 31.0 Å². The SMILES string of the molecule is Fc1cnc(N2CCN3C[C@@H](COc4cccc(C(F)(F)F)c4)CC[C@H]3C2)nc1. The molecule has 9 heteroatoms. The minimum absolute atomic E-state index is 0.250. The molecule has 156 valence electrons. The number of fused-ring (bicyclic) bond motifs is 1. The van der Waals surface area contributed by atoms with Crippen LogP contribution in [0.5, 0.6) is 5.75 Å². The number of hydrogen-bond acceptors (Lipinski definition) is 5. The molecule has 0 unspecified atom stereocenters. The van der Waals surface area contributed by atoms with Crippen molar-refractivity contribution in [3.63, 3.8) is 0 Å². The summed E-state index contributed by atoms with van der Waals surface area (Å²) in [7, 11) is 0. The highest BCUT2D eigenvalue weighted by atomic mass is 19.4. The van der Waals surface area contributed by atoms with Gasteiger partial charge in [-0.3, -0.25) is 4.90 Å². The summed E-state index contributed by atoms with van der Waals surface area (Å²) in [5, 5.41) is 0. The standard InChI is InChI=1S/C20H22F4N4O/c21-16-9-25-19(26-10-16)28-7-6-27-11-14(4-5-17(27)12-28)13-29-18-3-1-2-15(8-18)20(22,23)24/h1-3,8-10,14,17H,4-7,11-13H2/t14-,17-/m0/s1. The molecule has 2 fully saturated rings. The number of rotatable bonds is 4. The summed E-state index contributed by atoms with van der Waals surface area (Å²) in [5.41, 5.74) is -0.696. The summed E-state index contributed by atoms with van der Waals surface area (Å²) in [6.07, 6.45) is -0.106. The highest BCUT2D eigenvalue weighted by molar-refractivity contribution is 5.31. The van der Waals surface area contributed by atoms with Crippen molar-refractivity contribution >= 4 is 5.95 Å². The maximum absolute atomic E-state index is 13.0. The topological polar surface area (TPSA) is 41.5 Å². The number of nitrogens with zero attached hydrogens (tertiary/aromatic N) is 4. The van der Waals surface area contributed by atoms with Gasteiger partial charge in [0.25, 0.3) is 0 Å². The number of aromatic nitrogens is 2. The summed E-state index contributed by atoms with van der Waals surface area (Å²) < 4.78 is 57.2. The van der Waals surface area contributed by atoms with E-state index < -0.39 is 17.6 Å². The fourth-order valence-electron chi connectivity index (χ4n) is 4.02. The number of alkyl halides is 3. The number of hydrogen-bond donors (Lipinski definition) is 0. The fourth-order valence-corrected chi connectivity index (χ4v) is 4.02. The van der Waals surface area contributed by atoms with Crippen LogP contribution in [0, 0.1) is 11.7 Å². The maximum Gasteiger partial charge on any atom is 0.416 e. The Labute approximate surface area is 166 Å². The number of piperidine rings is 1. The second kappa shape index (κ2) is 8.14. The first-order valence-electron chi connectivity index (χ1n) is 9.65. The molecule has 0 saturated carbocycles. The minimum Gasteiger partial charge on any atom is -0.493 e. The summed E-state index contributed by atoms with van der Waals surface area (Å²) in [6, 6.07) is 5.38. The summed E-state index contributed by atoms with van der Waals surface area (Å²) in [6.45, 7) is 3.62. The van der Waals surface area contributed by atoms with E-state index in [0.29, 0.717) is 18.6 Å². The Morgan fingerprint density at radius 1 is 1.07 bits per heavy atom. The van der Waals surface area contributed by atoms with Crippen molar-refractivity contribution in [1.82, 2.24) is 14.9 Å². The predicted octanol–water partition coefficient (Wildman–Crippen LogP) is 3.61. The smallest absolute Gasteiger partial charge is 0.416 e. The zero-order chi connectivity index (χ0) is 20.4. The molecule has 2 aliphatic rings. The van der Waals surface area contributed by atoms with E-state index in [1.54, 1.807) is 6.07 Å². The van der Waals surface area contributed by atoms with Crippen molar-refractivity contribution in [1.29, 1.82) is 0 Å². The van der Waals surface area contributed by atoms with Crippen LogP contribution in [-0.4, -0.2) is 53.7 Å². The number of ether oxygens (including phenoxy) is 1. The van der Waals surface area contributed by atoms with Gasteiger partial charge in [-0.2, -0.15) is 13.2 Å². The average molecular weight is 410 g/mol. The van der Waals surface area contributed by atoms with Crippen molar-refractivity contribution in [2.45, 2.75) is 25.1 Å². The quantitative estimate of drug-likeness (QED) is 0.721. The molecule has 5 nitrogen and oxygen atoms in total. The normalized spacial score (nSPS) is 23.0. The van der Waals surface area contributed by atoms with Gasteiger partial charge in [-0.1, -0.05) is 6.07 Å². The van der Waals surface area contributed by atoms with Crippen LogP contribution in [0.1, 0.15) is 18.4 Å². The molecule has 3 heterocycles. The van der Waals surface area contributed by atoms with Crippen LogP contribution in [0.25, 0.3) is 0 Å². The monoisotopic (exact) mass is 410 g/mol. The van der Waals surface area contributed by atoms with Gasteiger partial charge in [0.1, 0.15) is 5.75 Å². The number of halogens is 4. The molecular formula is C20H22F4N4O. The fraction of sp³-hybridized carbons (Fsp3) is 0.500. The van der Waals surface area contributed by atoms with Gasteiger partial charge in [-0.15, -0.1) is 0 Å². The Kier molecular flexibility index (Phi) is 5.58. The molecule has 2 atom stereocenters. The molecule has 0 bridgehead atoms. The lowest BCUT2D eigenvalue weighted by atomic mass is 9.91. The Balaban J connectivity index is 1.30. The van der Waals surface area contributed by atoms with Gasteiger partial charge in [-0.25, -0.2) is 14.4 Å². The number of piperazine rings is 1. The summed E-state index contributed by atoms with van der Waals surface area (Å²) in [4.78, 5) is 12.6. The number of benzene rings is 1. The van der Waals surface area contributed by atoms with Crippen LogP contribution in [0.2, 0.25) is 0 Å². The third-order valence-electron chi connectivity index (χ3n) is 5.54. The molecule has 0 N–H and O–H groups in total. The van der Waals surface area contributed by atoms with Crippen molar-refractivity contribution in [2.75, 3.05) is 37.7 Å². The Morgan fingerprint density at radius 3 is 2.62 bits per heavy atom. The zero-order valence-corrected chi connectivity index (χ0v) is 15.8. The van der Waals surface area contributed by atoms with Gasteiger partial charge < -0.3 is 9.64 Å².